The summed E-state index contributed by atoms with van der Waals surface area (Å²) < 4.78 is 27.1. The molecule has 0 N–H and O–H groups in total. The molecule has 0 atom stereocenters. The van der Waals surface area contributed by atoms with Gasteiger partial charge in [0, 0.05) is 31.4 Å². The van der Waals surface area contributed by atoms with E-state index in [1.807, 2.05) is 30.3 Å². The van der Waals surface area contributed by atoms with Crippen molar-refractivity contribution in [1.29, 1.82) is 0 Å². The Morgan fingerprint density at radius 2 is 1.60 bits per heavy atom. The molecule has 0 unspecified atom stereocenters. The summed E-state index contributed by atoms with van der Waals surface area (Å²) in [4.78, 5) is 14.5. The van der Waals surface area contributed by atoms with Crippen molar-refractivity contribution in [3.05, 3.63) is 59.7 Å². The lowest BCUT2D eigenvalue weighted by atomic mass is 10.1. The van der Waals surface area contributed by atoms with Gasteiger partial charge in [-0.15, -0.1) is 0 Å². The summed E-state index contributed by atoms with van der Waals surface area (Å²) in [5.41, 5.74) is 1.73. The summed E-state index contributed by atoms with van der Waals surface area (Å²) in [5.74, 6) is -0.248. The normalized spacial score (nSPS) is 11.6. The number of anilines is 1. The van der Waals surface area contributed by atoms with Crippen LogP contribution in [0, 0.1) is 6.92 Å². The molecule has 0 spiro atoms. The molecule has 0 bridgehead atoms. The number of rotatable bonds is 6. The fraction of sp³-hybridized carbons (Fsp3) is 0.316. The first kappa shape index (κ1) is 19.1. The van der Waals surface area contributed by atoms with Crippen LogP contribution < -0.4 is 4.90 Å². The van der Waals surface area contributed by atoms with E-state index in [1.54, 1.807) is 40.0 Å². The third-order valence-electron chi connectivity index (χ3n) is 4.21. The molecule has 0 aliphatic carbocycles. The number of para-hydroxylation sites is 1. The lowest BCUT2D eigenvalue weighted by Crippen LogP contribution is -2.31. The topological polar surface area (TPSA) is 57.7 Å². The van der Waals surface area contributed by atoms with Crippen LogP contribution in [0.4, 0.5) is 5.69 Å². The Labute approximate surface area is 149 Å². The fourth-order valence-electron chi connectivity index (χ4n) is 2.68. The highest BCUT2D eigenvalue weighted by molar-refractivity contribution is 7.89. The predicted octanol–water partition coefficient (Wildman–Crippen LogP) is 3.30. The van der Waals surface area contributed by atoms with Crippen LogP contribution in [0.3, 0.4) is 0 Å². The van der Waals surface area contributed by atoms with Gasteiger partial charge in [0.1, 0.15) is 0 Å². The zero-order chi connectivity index (χ0) is 18.6. The van der Waals surface area contributed by atoms with Crippen LogP contribution in [0.2, 0.25) is 0 Å². The van der Waals surface area contributed by atoms with E-state index in [-0.39, 0.29) is 10.8 Å². The summed E-state index contributed by atoms with van der Waals surface area (Å²) in [5, 5.41) is 0. The molecular weight excluding hydrogens is 336 g/mol. The van der Waals surface area contributed by atoms with Crippen LogP contribution in [-0.2, 0) is 10.0 Å². The van der Waals surface area contributed by atoms with Gasteiger partial charge >= 0.3 is 0 Å². The number of carbonyl (C=O) groups is 1. The molecule has 0 aliphatic rings. The first-order valence-corrected chi connectivity index (χ1v) is 9.70. The Balaban J connectivity index is 2.44. The molecule has 2 aromatic rings. The van der Waals surface area contributed by atoms with E-state index in [0.717, 1.165) is 5.69 Å². The second-order valence-electron chi connectivity index (χ2n) is 5.77. The molecule has 0 fully saturated rings. The van der Waals surface area contributed by atoms with Crippen LogP contribution in [0.5, 0.6) is 0 Å². The molecule has 0 heterocycles. The summed E-state index contributed by atoms with van der Waals surface area (Å²) in [6.07, 6.45) is 0. The van der Waals surface area contributed by atoms with Crippen LogP contribution in [0.25, 0.3) is 0 Å². The number of sulfonamides is 1. The molecule has 0 aromatic heterocycles. The summed E-state index contributed by atoms with van der Waals surface area (Å²) >= 11 is 0. The molecule has 0 aliphatic heterocycles. The minimum atomic E-state index is -3.62. The van der Waals surface area contributed by atoms with Gasteiger partial charge in [-0.25, -0.2) is 8.42 Å². The number of nitrogens with zero attached hydrogens (tertiary/aromatic N) is 2. The lowest BCUT2D eigenvalue weighted by Gasteiger charge is -2.21. The van der Waals surface area contributed by atoms with Crippen molar-refractivity contribution in [3.8, 4) is 0 Å². The Morgan fingerprint density at radius 1 is 1.00 bits per heavy atom. The average molecular weight is 360 g/mol. The minimum absolute atomic E-state index is 0.184. The van der Waals surface area contributed by atoms with Crippen molar-refractivity contribution in [3.63, 3.8) is 0 Å². The lowest BCUT2D eigenvalue weighted by molar-refractivity contribution is 0.0993. The molecule has 25 heavy (non-hydrogen) atoms. The third kappa shape index (κ3) is 3.91. The van der Waals surface area contributed by atoms with Crippen molar-refractivity contribution in [1.82, 2.24) is 4.31 Å². The standard InChI is InChI=1S/C19H24N2O3S/c1-5-21(6-2)25(23,24)18-14-16(13-12-15(18)3)19(22)20(4)17-10-8-7-9-11-17/h7-14H,5-6H2,1-4H3. The quantitative estimate of drug-likeness (QED) is 0.794. The molecule has 0 saturated heterocycles. The summed E-state index contributed by atoms with van der Waals surface area (Å²) in [6.45, 7) is 6.12. The number of benzene rings is 2. The van der Waals surface area contributed by atoms with Gasteiger partial charge < -0.3 is 4.90 Å². The van der Waals surface area contributed by atoms with E-state index in [4.69, 9.17) is 0 Å². The van der Waals surface area contributed by atoms with Crippen LogP contribution >= 0.6 is 0 Å². The molecule has 6 heteroatoms. The molecular formula is C19H24N2O3S. The first-order chi connectivity index (χ1) is 11.8. The summed E-state index contributed by atoms with van der Waals surface area (Å²) in [6, 6.07) is 14.1. The van der Waals surface area contributed by atoms with Gasteiger partial charge in [0.25, 0.3) is 5.91 Å². The Hall–Kier alpha value is -2.18. The van der Waals surface area contributed by atoms with E-state index in [9.17, 15) is 13.2 Å². The van der Waals surface area contributed by atoms with Crippen molar-refractivity contribution < 1.29 is 13.2 Å². The molecule has 134 valence electrons. The van der Waals surface area contributed by atoms with E-state index < -0.39 is 10.0 Å². The van der Waals surface area contributed by atoms with E-state index >= 15 is 0 Å². The van der Waals surface area contributed by atoms with Crippen molar-refractivity contribution in [2.45, 2.75) is 25.7 Å². The molecule has 0 radical (unpaired) electrons. The highest BCUT2D eigenvalue weighted by Crippen LogP contribution is 2.23. The molecule has 5 nitrogen and oxygen atoms in total. The van der Waals surface area contributed by atoms with Gasteiger partial charge in [0.2, 0.25) is 10.0 Å². The van der Waals surface area contributed by atoms with Gasteiger partial charge in [-0.05, 0) is 36.8 Å². The zero-order valence-corrected chi connectivity index (χ0v) is 15.9. The van der Waals surface area contributed by atoms with E-state index in [1.165, 1.54) is 15.3 Å². The smallest absolute Gasteiger partial charge is 0.258 e. The molecule has 0 saturated carbocycles. The van der Waals surface area contributed by atoms with Crippen LogP contribution in [-0.4, -0.2) is 38.8 Å². The Bertz CT molecular complexity index is 844. The van der Waals surface area contributed by atoms with E-state index in [2.05, 4.69) is 0 Å². The maximum absolute atomic E-state index is 12.8. The van der Waals surface area contributed by atoms with E-state index in [0.29, 0.717) is 24.2 Å². The van der Waals surface area contributed by atoms with Gasteiger partial charge in [0.15, 0.2) is 0 Å². The fourth-order valence-corrected chi connectivity index (χ4v) is 4.38. The number of amides is 1. The maximum atomic E-state index is 12.8. The maximum Gasteiger partial charge on any atom is 0.258 e. The highest BCUT2D eigenvalue weighted by atomic mass is 32.2. The molecule has 2 rings (SSSR count). The third-order valence-corrected chi connectivity index (χ3v) is 6.40. The monoisotopic (exact) mass is 360 g/mol. The number of hydrogen-bond acceptors (Lipinski definition) is 3. The second kappa shape index (κ2) is 7.80. The minimum Gasteiger partial charge on any atom is -0.311 e. The van der Waals surface area contributed by atoms with Crippen molar-refractivity contribution >= 4 is 21.6 Å². The van der Waals surface area contributed by atoms with Gasteiger partial charge in [-0.2, -0.15) is 4.31 Å². The Morgan fingerprint density at radius 3 is 2.16 bits per heavy atom. The SMILES string of the molecule is CCN(CC)S(=O)(=O)c1cc(C(=O)N(C)c2ccccc2)ccc1C. The highest BCUT2D eigenvalue weighted by Gasteiger charge is 2.25. The Kier molecular flexibility index (Phi) is 5.98. The first-order valence-electron chi connectivity index (χ1n) is 8.26. The average Bonchev–Trinajstić information content (AvgIpc) is 2.62. The van der Waals surface area contributed by atoms with Gasteiger partial charge in [-0.3, -0.25) is 4.79 Å². The largest absolute Gasteiger partial charge is 0.311 e. The van der Waals surface area contributed by atoms with Gasteiger partial charge in [0.05, 0.1) is 4.90 Å². The van der Waals surface area contributed by atoms with Crippen LogP contribution in [0.1, 0.15) is 29.8 Å². The number of carbonyl (C=O) groups excluding carboxylic acids is 1. The van der Waals surface area contributed by atoms with Crippen molar-refractivity contribution in [2.24, 2.45) is 0 Å². The number of hydrogen-bond donors (Lipinski definition) is 0. The molecule has 2 aromatic carbocycles. The number of aryl methyl sites for hydroxylation is 1. The molecule has 1 amide bonds. The summed E-state index contributed by atoms with van der Waals surface area (Å²) in [7, 11) is -1.94. The second-order valence-corrected chi connectivity index (χ2v) is 7.68. The predicted molar refractivity (Wildman–Crippen MR) is 100 cm³/mol. The van der Waals surface area contributed by atoms with Gasteiger partial charge in [-0.1, -0.05) is 38.1 Å². The van der Waals surface area contributed by atoms with Crippen LogP contribution in [0.15, 0.2) is 53.4 Å². The zero-order valence-electron chi connectivity index (χ0n) is 15.1. The van der Waals surface area contributed by atoms with Crippen molar-refractivity contribution in [2.75, 3.05) is 25.0 Å².